The fourth-order valence-electron chi connectivity index (χ4n) is 7.87. The molecule has 9 aromatic carbocycles. The Balaban J connectivity index is 1.27. The maximum atomic E-state index is 6.75. The maximum absolute atomic E-state index is 6.75. The van der Waals surface area contributed by atoms with Crippen LogP contribution >= 0.6 is 0 Å². The van der Waals surface area contributed by atoms with Crippen LogP contribution in [0.5, 0.6) is 0 Å². The van der Waals surface area contributed by atoms with Gasteiger partial charge in [-0.2, -0.15) is 0 Å². The number of furan rings is 1. The van der Waals surface area contributed by atoms with Crippen molar-refractivity contribution in [2.45, 2.75) is 0 Å². The van der Waals surface area contributed by atoms with E-state index in [-0.39, 0.29) is 0 Å². The van der Waals surface area contributed by atoms with E-state index in [1.165, 1.54) is 21.5 Å². The summed E-state index contributed by atoms with van der Waals surface area (Å²) in [5.41, 5.74) is 4.48. The number of benzene rings is 9. The second-order valence-corrected chi connectivity index (χ2v) is 13.2. The second-order valence-electron chi connectivity index (χ2n) is 13.2. The van der Waals surface area contributed by atoms with Gasteiger partial charge in [0, 0.05) is 32.8 Å². The summed E-state index contributed by atoms with van der Waals surface area (Å²) in [7, 11) is 0. The Hall–Kier alpha value is -6.91. The van der Waals surface area contributed by atoms with Crippen molar-refractivity contribution in [3.8, 4) is 34.2 Å². The van der Waals surface area contributed by atoms with Gasteiger partial charge in [0.15, 0.2) is 17.5 Å². The molecule has 2 heterocycles. The van der Waals surface area contributed by atoms with Gasteiger partial charge in [0.25, 0.3) is 0 Å². The van der Waals surface area contributed by atoms with Crippen LogP contribution in [-0.4, -0.2) is 15.0 Å². The third-order valence-corrected chi connectivity index (χ3v) is 10.2. The van der Waals surface area contributed by atoms with Crippen LogP contribution in [0.15, 0.2) is 168 Å². The van der Waals surface area contributed by atoms with Crippen LogP contribution in [0.25, 0.3) is 110 Å². The Kier molecular flexibility index (Phi) is 5.92. The van der Waals surface area contributed by atoms with Gasteiger partial charge in [-0.3, -0.25) is 0 Å². The summed E-state index contributed by atoms with van der Waals surface area (Å²) in [5.74, 6) is 1.86. The molecular formula is C47H27N3O. The SMILES string of the molecule is c1ccc2cc(-c3nc(-c4cc5ccccc5c5ccccc45)nc(-c4cc5ccc6ccccc6c5c5oc6ccccc6c45)n3)ccc2c1. The Bertz CT molecular complexity index is 3210. The van der Waals surface area contributed by atoms with Crippen LogP contribution in [0.3, 0.4) is 0 Å². The fourth-order valence-corrected chi connectivity index (χ4v) is 7.87. The zero-order valence-electron chi connectivity index (χ0n) is 27.3. The number of aromatic nitrogens is 3. The lowest BCUT2D eigenvalue weighted by Crippen LogP contribution is -2.01. The molecule has 0 bridgehead atoms. The van der Waals surface area contributed by atoms with Gasteiger partial charge < -0.3 is 4.42 Å². The highest BCUT2D eigenvalue weighted by Gasteiger charge is 2.22. The highest BCUT2D eigenvalue weighted by molar-refractivity contribution is 6.26. The molecule has 11 aromatic rings. The van der Waals surface area contributed by atoms with Crippen molar-refractivity contribution in [1.82, 2.24) is 15.0 Å². The number of hydrogen-bond acceptors (Lipinski definition) is 4. The molecule has 0 unspecified atom stereocenters. The topological polar surface area (TPSA) is 51.8 Å². The first kappa shape index (κ1) is 28.0. The van der Waals surface area contributed by atoms with Gasteiger partial charge in [0.2, 0.25) is 0 Å². The molecule has 0 radical (unpaired) electrons. The van der Waals surface area contributed by atoms with Gasteiger partial charge >= 0.3 is 0 Å². The van der Waals surface area contributed by atoms with Gasteiger partial charge in [-0.1, -0.05) is 140 Å². The molecular weight excluding hydrogens is 623 g/mol. The van der Waals surface area contributed by atoms with E-state index in [0.29, 0.717) is 17.5 Å². The fraction of sp³-hybridized carbons (Fsp3) is 0. The van der Waals surface area contributed by atoms with Crippen LogP contribution in [0, 0.1) is 0 Å². The highest BCUT2D eigenvalue weighted by atomic mass is 16.3. The van der Waals surface area contributed by atoms with Gasteiger partial charge in [-0.05, 0) is 72.7 Å². The Morgan fingerprint density at radius 2 is 0.902 bits per heavy atom. The lowest BCUT2D eigenvalue weighted by Gasteiger charge is -2.14. The summed E-state index contributed by atoms with van der Waals surface area (Å²) in [6, 6.07) is 57.4. The minimum atomic E-state index is 0.604. The standard InChI is InChI=1S/C47H27N3O/c1-2-13-30-25-33(24-21-28(30)11-1)45-48-46(39-26-31-14-4-5-15-34(31)36-17-7-8-18-37(36)39)50-47(49-45)40-27-32-23-22-29-12-3-6-16-35(29)42(32)44-43(40)38-19-9-10-20-41(38)51-44/h1-27H. The number of nitrogens with zero attached hydrogens (tertiary/aromatic N) is 3. The molecule has 0 amide bonds. The molecule has 0 spiro atoms. The van der Waals surface area contributed by atoms with E-state index in [1.54, 1.807) is 0 Å². The Labute approximate surface area is 292 Å². The largest absolute Gasteiger partial charge is 0.455 e. The highest BCUT2D eigenvalue weighted by Crippen LogP contribution is 2.43. The minimum absolute atomic E-state index is 0.604. The molecule has 51 heavy (non-hydrogen) atoms. The summed E-state index contributed by atoms with van der Waals surface area (Å²) < 4.78 is 6.75. The molecule has 0 aliphatic carbocycles. The molecule has 2 aromatic heterocycles. The lowest BCUT2D eigenvalue weighted by atomic mass is 9.95. The average molecular weight is 650 g/mol. The summed E-state index contributed by atoms with van der Waals surface area (Å²) in [5, 5.41) is 13.4. The van der Waals surface area contributed by atoms with E-state index < -0.39 is 0 Å². The van der Waals surface area contributed by atoms with Crippen molar-refractivity contribution < 1.29 is 4.42 Å². The van der Waals surface area contributed by atoms with E-state index in [9.17, 15) is 0 Å². The number of hydrogen-bond donors (Lipinski definition) is 0. The van der Waals surface area contributed by atoms with Crippen molar-refractivity contribution in [1.29, 1.82) is 0 Å². The summed E-state index contributed by atoms with van der Waals surface area (Å²) >= 11 is 0. The van der Waals surface area contributed by atoms with Crippen molar-refractivity contribution in [3.05, 3.63) is 164 Å². The van der Waals surface area contributed by atoms with Gasteiger partial charge in [-0.15, -0.1) is 0 Å². The molecule has 0 aliphatic rings. The normalized spacial score (nSPS) is 11.9. The third kappa shape index (κ3) is 4.30. The molecule has 0 saturated heterocycles. The predicted octanol–water partition coefficient (Wildman–Crippen LogP) is 12.5. The van der Waals surface area contributed by atoms with E-state index in [4.69, 9.17) is 19.4 Å². The molecule has 0 N–H and O–H groups in total. The molecule has 0 fully saturated rings. The second kappa shape index (κ2) is 10.8. The van der Waals surface area contributed by atoms with E-state index >= 15 is 0 Å². The van der Waals surface area contributed by atoms with Crippen LogP contribution in [0.4, 0.5) is 0 Å². The van der Waals surface area contributed by atoms with E-state index in [1.807, 2.05) is 12.1 Å². The molecule has 11 rings (SSSR count). The first-order chi connectivity index (χ1) is 25.3. The average Bonchev–Trinajstić information content (AvgIpc) is 3.59. The van der Waals surface area contributed by atoms with Crippen LogP contribution in [0.2, 0.25) is 0 Å². The number of rotatable bonds is 3. The predicted molar refractivity (Wildman–Crippen MR) is 211 cm³/mol. The van der Waals surface area contributed by atoms with Crippen molar-refractivity contribution in [3.63, 3.8) is 0 Å². The zero-order valence-corrected chi connectivity index (χ0v) is 27.3. The molecule has 0 aliphatic heterocycles. The zero-order chi connectivity index (χ0) is 33.5. The lowest BCUT2D eigenvalue weighted by molar-refractivity contribution is 0.673. The smallest absolute Gasteiger partial charge is 0.164 e. The Morgan fingerprint density at radius 1 is 0.333 bits per heavy atom. The number of para-hydroxylation sites is 1. The minimum Gasteiger partial charge on any atom is -0.455 e. The third-order valence-electron chi connectivity index (χ3n) is 10.2. The molecule has 4 heteroatoms. The first-order valence-corrected chi connectivity index (χ1v) is 17.2. The first-order valence-electron chi connectivity index (χ1n) is 17.2. The van der Waals surface area contributed by atoms with E-state index in [2.05, 4.69) is 152 Å². The number of fused-ring (bicyclic) bond motifs is 11. The molecule has 4 nitrogen and oxygen atoms in total. The molecule has 0 saturated carbocycles. The van der Waals surface area contributed by atoms with Crippen molar-refractivity contribution in [2.75, 3.05) is 0 Å². The van der Waals surface area contributed by atoms with Gasteiger partial charge in [0.1, 0.15) is 11.2 Å². The van der Waals surface area contributed by atoms with Crippen LogP contribution in [0.1, 0.15) is 0 Å². The van der Waals surface area contributed by atoms with Gasteiger partial charge in [0.05, 0.1) is 0 Å². The van der Waals surface area contributed by atoms with Crippen LogP contribution in [-0.2, 0) is 0 Å². The van der Waals surface area contributed by atoms with Gasteiger partial charge in [-0.25, -0.2) is 15.0 Å². The summed E-state index contributed by atoms with van der Waals surface area (Å²) in [4.78, 5) is 15.9. The molecule has 236 valence electrons. The quantitative estimate of drug-likeness (QED) is 0.179. The van der Waals surface area contributed by atoms with Crippen molar-refractivity contribution >= 4 is 75.8 Å². The van der Waals surface area contributed by atoms with Crippen molar-refractivity contribution in [2.24, 2.45) is 0 Å². The summed E-state index contributed by atoms with van der Waals surface area (Å²) in [6.45, 7) is 0. The van der Waals surface area contributed by atoms with E-state index in [0.717, 1.165) is 70.9 Å². The Morgan fingerprint density at radius 3 is 1.75 bits per heavy atom. The van der Waals surface area contributed by atoms with Crippen LogP contribution < -0.4 is 0 Å². The monoisotopic (exact) mass is 649 g/mol. The maximum Gasteiger partial charge on any atom is 0.164 e. The summed E-state index contributed by atoms with van der Waals surface area (Å²) in [6.07, 6.45) is 0. The molecule has 0 atom stereocenters.